The van der Waals surface area contributed by atoms with Gasteiger partial charge in [-0.25, -0.2) is 0 Å². The van der Waals surface area contributed by atoms with Crippen LogP contribution < -0.4 is 5.73 Å². The van der Waals surface area contributed by atoms with Crippen molar-refractivity contribution in [3.8, 4) is 0 Å². The number of benzene rings is 4. The fraction of sp³-hybridized carbons (Fsp3) is 0.324. The minimum atomic E-state index is -0.817. The first-order chi connectivity index (χ1) is 20.1. The first kappa shape index (κ1) is 28.8. The minimum Gasteiger partial charge on any atom is -0.369 e. The molecule has 0 saturated carbocycles. The number of amides is 1. The summed E-state index contributed by atoms with van der Waals surface area (Å²) in [5.41, 5.74) is 11.6. The van der Waals surface area contributed by atoms with Gasteiger partial charge in [0.1, 0.15) is 5.41 Å². The summed E-state index contributed by atoms with van der Waals surface area (Å²) in [5, 5.41) is 0. The predicted molar refractivity (Wildman–Crippen MR) is 169 cm³/mol. The van der Waals surface area contributed by atoms with Crippen LogP contribution >= 0.6 is 0 Å². The number of nitrogens with zero attached hydrogens (tertiary/aromatic N) is 2. The molecule has 1 heterocycles. The molecule has 1 aliphatic rings. The van der Waals surface area contributed by atoms with E-state index in [1.165, 1.54) is 16.7 Å². The summed E-state index contributed by atoms with van der Waals surface area (Å²) in [6.07, 6.45) is 4.18. The number of likely N-dealkylation sites (N-methyl/N-ethyl adjacent to an activating group) is 1. The van der Waals surface area contributed by atoms with Crippen molar-refractivity contribution in [3.05, 3.63) is 143 Å². The summed E-state index contributed by atoms with van der Waals surface area (Å²) < 4.78 is 0. The van der Waals surface area contributed by atoms with Crippen LogP contribution in [0, 0.1) is 5.92 Å². The van der Waals surface area contributed by atoms with E-state index in [4.69, 9.17) is 5.73 Å². The number of hydrogen-bond acceptors (Lipinski definition) is 3. The Bertz CT molecular complexity index is 1320. The molecule has 5 rings (SSSR count). The summed E-state index contributed by atoms with van der Waals surface area (Å²) in [4.78, 5) is 18.2. The molecule has 4 nitrogen and oxygen atoms in total. The SMILES string of the molecule is CN(CCc1ccc(CCCN2CC[C@@H](C(C(N)=O)(c3ccccc3)c3ccccc3)C2)cc1)Cc1ccccc1. The Balaban J connectivity index is 1.14. The normalized spacial score (nSPS) is 15.8. The maximum absolute atomic E-state index is 13.3. The van der Waals surface area contributed by atoms with Crippen molar-refractivity contribution in [3.63, 3.8) is 0 Å². The molecule has 4 aromatic carbocycles. The van der Waals surface area contributed by atoms with Crippen LogP contribution in [0.5, 0.6) is 0 Å². The number of rotatable bonds is 13. The Morgan fingerprint density at radius 2 is 1.32 bits per heavy atom. The van der Waals surface area contributed by atoms with E-state index in [0.29, 0.717) is 0 Å². The lowest BCUT2D eigenvalue weighted by Crippen LogP contribution is -2.49. The molecule has 1 aliphatic heterocycles. The van der Waals surface area contributed by atoms with Crippen molar-refractivity contribution in [2.45, 2.75) is 37.6 Å². The van der Waals surface area contributed by atoms with Gasteiger partial charge in [-0.15, -0.1) is 0 Å². The monoisotopic (exact) mass is 545 g/mol. The third kappa shape index (κ3) is 6.95. The van der Waals surface area contributed by atoms with Gasteiger partial charge in [-0.3, -0.25) is 4.79 Å². The Kier molecular flexibility index (Phi) is 9.66. The van der Waals surface area contributed by atoms with Crippen molar-refractivity contribution in [2.75, 3.05) is 33.2 Å². The van der Waals surface area contributed by atoms with E-state index in [1.54, 1.807) is 0 Å². The molecule has 0 bridgehead atoms. The molecule has 1 amide bonds. The number of carbonyl (C=O) groups excluding carboxylic acids is 1. The Labute approximate surface area is 245 Å². The molecule has 0 aliphatic carbocycles. The van der Waals surface area contributed by atoms with E-state index in [-0.39, 0.29) is 11.8 Å². The molecule has 0 spiro atoms. The molecule has 0 unspecified atom stereocenters. The molecule has 4 heteroatoms. The third-order valence-electron chi connectivity index (χ3n) is 8.77. The van der Waals surface area contributed by atoms with E-state index in [0.717, 1.165) is 69.5 Å². The summed E-state index contributed by atoms with van der Waals surface area (Å²) in [6.45, 7) is 4.93. The van der Waals surface area contributed by atoms with E-state index in [1.807, 2.05) is 36.4 Å². The second-order valence-corrected chi connectivity index (χ2v) is 11.6. The molecular formula is C37H43N3O. The number of hydrogen-bond donors (Lipinski definition) is 1. The Hall–Kier alpha value is -3.73. The van der Waals surface area contributed by atoms with Gasteiger partial charge in [0.2, 0.25) is 5.91 Å². The molecule has 0 aromatic heterocycles. The first-order valence-corrected chi connectivity index (χ1v) is 15.0. The van der Waals surface area contributed by atoms with Crippen LogP contribution in [0.3, 0.4) is 0 Å². The lowest BCUT2D eigenvalue weighted by molar-refractivity contribution is -0.123. The second kappa shape index (κ2) is 13.8. The quantitative estimate of drug-likeness (QED) is 0.221. The van der Waals surface area contributed by atoms with Gasteiger partial charge in [-0.05, 0) is 79.6 Å². The number of primary amides is 1. The van der Waals surface area contributed by atoms with Gasteiger partial charge in [-0.1, -0.05) is 115 Å². The number of aryl methyl sites for hydroxylation is 1. The fourth-order valence-electron chi connectivity index (χ4n) is 6.59. The van der Waals surface area contributed by atoms with Gasteiger partial charge >= 0.3 is 0 Å². The van der Waals surface area contributed by atoms with E-state index < -0.39 is 5.41 Å². The molecule has 4 aromatic rings. The zero-order valence-corrected chi connectivity index (χ0v) is 24.3. The van der Waals surface area contributed by atoms with Gasteiger partial charge < -0.3 is 15.5 Å². The third-order valence-corrected chi connectivity index (χ3v) is 8.77. The van der Waals surface area contributed by atoms with Crippen LogP contribution in [0.2, 0.25) is 0 Å². The molecule has 1 atom stereocenters. The largest absolute Gasteiger partial charge is 0.369 e. The van der Waals surface area contributed by atoms with Crippen LogP contribution in [0.1, 0.15) is 40.7 Å². The number of carbonyl (C=O) groups is 1. The summed E-state index contributed by atoms with van der Waals surface area (Å²) in [6, 6.07) is 40.1. The maximum Gasteiger partial charge on any atom is 0.232 e. The second-order valence-electron chi connectivity index (χ2n) is 11.6. The predicted octanol–water partition coefficient (Wildman–Crippen LogP) is 6.09. The molecule has 1 saturated heterocycles. The van der Waals surface area contributed by atoms with Gasteiger partial charge in [0, 0.05) is 19.6 Å². The van der Waals surface area contributed by atoms with Crippen molar-refractivity contribution in [2.24, 2.45) is 11.7 Å². The average Bonchev–Trinajstić information content (AvgIpc) is 3.47. The van der Waals surface area contributed by atoms with Crippen molar-refractivity contribution in [1.82, 2.24) is 9.80 Å². The van der Waals surface area contributed by atoms with E-state index in [9.17, 15) is 4.79 Å². The van der Waals surface area contributed by atoms with Gasteiger partial charge in [0.15, 0.2) is 0 Å². The van der Waals surface area contributed by atoms with E-state index >= 15 is 0 Å². The molecule has 212 valence electrons. The maximum atomic E-state index is 13.3. The van der Waals surface area contributed by atoms with Gasteiger partial charge in [-0.2, -0.15) is 0 Å². The first-order valence-electron chi connectivity index (χ1n) is 15.0. The number of nitrogens with two attached hydrogens (primary N) is 1. The molecule has 0 radical (unpaired) electrons. The minimum absolute atomic E-state index is 0.143. The Morgan fingerprint density at radius 3 is 1.88 bits per heavy atom. The van der Waals surface area contributed by atoms with Gasteiger partial charge in [0.25, 0.3) is 0 Å². The van der Waals surface area contributed by atoms with Crippen LogP contribution in [0.15, 0.2) is 115 Å². The topological polar surface area (TPSA) is 49.6 Å². The summed E-state index contributed by atoms with van der Waals surface area (Å²) in [5.74, 6) is -0.114. The smallest absolute Gasteiger partial charge is 0.232 e. The van der Waals surface area contributed by atoms with E-state index in [2.05, 4.69) is 95.7 Å². The van der Waals surface area contributed by atoms with Crippen LogP contribution in [0.4, 0.5) is 0 Å². The van der Waals surface area contributed by atoms with Crippen LogP contribution in [-0.2, 0) is 29.6 Å². The zero-order chi connectivity index (χ0) is 28.5. The average molecular weight is 546 g/mol. The lowest BCUT2D eigenvalue weighted by Gasteiger charge is -2.37. The van der Waals surface area contributed by atoms with Gasteiger partial charge in [0.05, 0.1) is 0 Å². The lowest BCUT2D eigenvalue weighted by atomic mass is 9.64. The van der Waals surface area contributed by atoms with Crippen molar-refractivity contribution >= 4 is 5.91 Å². The summed E-state index contributed by atoms with van der Waals surface area (Å²) >= 11 is 0. The highest BCUT2D eigenvalue weighted by Crippen LogP contribution is 2.43. The highest BCUT2D eigenvalue weighted by Gasteiger charge is 2.49. The standard InChI is InChI=1S/C37H43N3O/c1-39(28-32-12-5-2-6-13-32)26-23-31-21-19-30(20-22-31)14-11-25-40-27-24-35(29-40)37(36(38)41,33-15-7-3-8-16-33)34-17-9-4-10-18-34/h2-10,12-13,15-22,35H,11,14,23-29H2,1H3,(H2,38,41)/t35-/m1/s1. The molecular weight excluding hydrogens is 502 g/mol. The zero-order valence-electron chi connectivity index (χ0n) is 24.3. The van der Waals surface area contributed by atoms with Crippen LogP contribution in [0.25, 0.3) is 0 Å². The Morgan fingerprint density at radius 1 is 0.780 bits per heavy atom. The highest BCUT2D eigenvalue weighted by molar-refractivity contribution is 5.91. The molecule has 2 N–H and O–H groups in total. The van der Waals surface area contributed by atoms with Crippen molar-refractivity contribution in [1.29, 1.82) is 0 Å². The number of likely N-dealkylation sites (tertiary alicyclic amines) is 1. The van der Waals surface area contributed by atoms with Crippen LogP contribution in [-0.4, -0.2) is 48.9 Å². The fourth-order valence-corrected chi connectivity index (χ4v) is 6.59. The highest BCUT2D eigenvalue weighted by atomic mass is 16.1. The summed E-state index contributed by atoms with van der Waals surface area (Å²) in [7, 11) is 2.19. The van der Waals surface area contributed by atoms with Crippen molar-refractivity contribution < 1.29 is 4.79 Å². The molecule has 1 fully saturated rings. The molecule has 41 heavy (non-hydrogen) atoms.